The molecule has 1 unspecified atom stereocenters. The summed E-state index contributed by atoms with van der Waals surface area (Å²) < 4.78 is 27.5. The number of carbonyl (C=O) groups excluding carboxylic acids is 2. The molecule has 5 N–H and O–H groups in total. The number of alkyl halides is 2. The lowest BCUT2D eigenvalue weighted by Crippen LogP contribution is -2.56. The van der Waals surface area contributed by atoms with Gasteiger partial charge in [-0.2, -0.15) is 0 Å². The average Bonchev–Trinajstić information content (AvgIpc) is 3.06. The third-order valence-corrected chi connectivity index (χ3v) is 9.91. The number of nitrogens with one attached hydrogen (secondary N) is 3. The Morgan fingerprint density at radius 2 is 1.91 bits per heavy atom. The second-order valence-electron chi connectivity index (χ2n) is 13.3. The normalized spacial score (nSPS) is 22.6. The van der Waals surface area contributed by atoms with Crippen molar-refractivity contribution in [2.45, 2.75) is 88.3 Å². The fourth-order valence-electron chi connectivity index (χ4n) is 7.38. The minimum atomic E-state index is -2.65. The number of urea groups is 1. The number of unbranched alkanes of at least 4 members (excludes halogenated alkanes) is 1. The summed E-state index contributed by atoms with van der Waals surface area (Å²) in [4.78, 5) is 34.2. The lowest BCUT2D eigenvalue weighted by molar-refractivity contribution is -0.130. The van der Waals surface area contributed by atoms with Crippen LogP contribution in [0, 0.1) is 5.92 Å². The highest BCUT2D eigenvalue weighted by Gasteiger charge is 2.38. The highest BCUT2D eigenvalue weighted by molar-refractivity contribution is 5.79. The van der Waals surface area contributed by atoms with Crippen LogP contribution in [-0.2, 0) is 11.2 Å². The zero-order valence-electron chi connectivity index (χ0n) is 26.9. The van der Waals surface area contributed by atoms with Crippen molar-refractivity contribution in [3.63, 3.8) is 0 Å². The number of pyridine rings is 1. The summed E-state index contributed by atoms with van der Waals surface area (Å²) in [6, 6.07) is 14.1. The second kappa shape index (κ2) is 16.6. The Balaban J connectivity index is 1.19. The van der Waals surface area contributed by atoms with Gasteiger partial charge in [0.25, 0.3) is 0 Å². The van der Waals surface area contributed by atoms with Gasteiger partial charge < -0.3 is 26.6 Å². The van der Waals surface area contributed by atoms with Gasteiger partial charge in [-0.3, -0.25) is 14.7 Å². The number of hydrogen-bond donors (Lipinski definition) is 4. The number of primary amides is 1. The zero-order valence-corrected chi connectivity index (χ0v) is 26.9. The molecule has 11 heteroatoms. The summed E-state index contributed by atoms with van der Waals surface area (Å²) in [5, 5.41) is 9.69. The highest BCUT2D eigenvalue weighted by atomic mass is 19.3. The third kappa shape index (κ3) is 9.92. The maximum absolute atomic E-state index is 13.7. The Kier molecular flexibility index (Phi) is 12.3. The van der Waals surface area contributed by atoms with E-state index in [2.05, 4.69) is 31.8 Å². The fourth-order valence-corrected chi connectivity index (χ4v) is 7.38. The fraction of sp³-hybridized carbons (Fsp3) is 0.629. The van der Waals surface area contributed by atoms with E-state index in [0.29, 0.717) is 6.54 Å². The lowest BCUT2D eigenvalue weighted by Gasteiger charge is -2.41. The summed E-state index contributed by atoms with van der Waals surface area (Å²) in [5.74, 6) is -3.11. The van der Waals surface area contributed by atoms with Crippen LogP contribution in [0.4, 0.5) is 13.6 Å². The van der Waals surface area contributed by atoms with Crippen LogP contribution >= 0.6 is 0 Å². The van der Waals surface area contributed by atoms with E-state index in [4.69, 9.17) is 10.7 Å². The first kappa shape index (κ1) is 34.2. The number of hydrogen-bond acceptors (Lipinski definition) is 6. The number of fused-ring (bicyclic) bond motifs is 1. The monoisotopic (exact) mass is 639 g/mol. The third-order valence-electron chi connectivity index (χ3n) is 9.91. The predicted molar refractivity (Wildman–Crippen MR) is 175 cm³/mol. The quantitative estimate of drug-likeness (QED) is 0.226. The molecule has 1 saturated heterocycles. The summed E-state index contributed by atoms with van der Waals surface area (Å²) in [5.41, 5.74) is 8.84. The average molecular weight is 640 g/mol. The number of nitrogens with zero attached hydrogens (tertiary/aromatic N) is 3. The number of amides is 3. The van der Waals surface area contributed by atoms with Gasteiger partial charge in [-0.1, -0.05) is 36.4 Å². The van der Waals surface area contributed by atoms with Crippen LogP contribution < -0.4 is 21.7 Å². The second-order valence-corrected chi connectivity index (χ2v) is 13.3. The molecule has 3 aliphatic rings. The van der Waals surface area contributed by atoms with Crippen LogP contribution in [0.3, 0.4) is 0 Å². The minimum Gasteiger partial charge on any atom is -0.352 e. The summed E-state index contributed by atoms with van der Waals surface area (Å²) >= 11 is 0. The van der Waals surface area contributed by atoms with E-state index < -0.39 is 12.0 Å². The van der Waals surface area contributed by atoms with E-state index in [9.17, 15) is 18.4 Å². The number of piperazine rings is 1. The largest absolute Gasteiger partial charge is 0.352 e. The van der Waals surface area contributed by atoms with Crippen LogP contribution in [-0.4, -0.2) is 84.5 Å². The molecular weight excluding hydrogens is 588 g/mol. The molecule has 2 aliphatic carbocycles. The van der Waals surface area contributed by atoms with Crippen LogP contribution in [0.25, 0.3) is 0 Å². The summed E-state index contributed by atoms with van der Waals surface area (Å²) in [6.45, 7) is 5.92. The SMILES string of the molecule is NC(=O)NCCCCN(CC1CN(CC[C@H](NC(=O)C2CCC(F)(F)CC2)c2ccccc2)CCN1)[C@H]1CCCc2cccnc21. The Morgan fingerprint density at radius 3 is 2.70 bits per heavy atom. The molecule has 0 radical (unpaired) electrons. The zero-order chi connectivity index (χ0) is 32.4. The van der Waals surface area contributed by atoms with Gasteiger partial charge in [0.15, 0.2) is 0 Å². The van der Waals surface area contributed by atoms with Crippen molar-refractivity contribution in [3.8, 4) is 0 Å². The van der Waals surface area contributed by atoms with Crippen molar-refractivity contribution in [1.29, 1.82) is 0 Å². The lowest BCUT2D eigenvalue weighted by atomic mass is 9.86. The van der Waals surface area contributed by atoms with Crippen molar-refractivity contribution in [3.05, 3.63) is 65.5 Å². The van der Waals surface area contributed by atoms with Gasteiger partial charge in [0, 0.05) is 70.3 Å². The molecule has 252 valence electrons. The Morgan fingerprint density at radius 1 is 1.11 bits per heavy atom. The van der Waals surface area contributed by atoms with Crippen molar-refractivity contribution in [1.82, 2.24) is 30.7 Å². The minimum absolute atomic E-state index is 0.106. The van der Waals surface area contributed by atoms with Gasteiger partial charge >= 0.3 is 6.03 Å². The first-order valence-corrected chi connectivity index (χ1v) is 17.2. The molecule has 5 rings (SSSR count). The molecule has 1 aromatic carbocycles. The number of carbonyl (C=O) groups is 2. The van der Waals surface area contributed by atoms with Crippen molar-refractivity contribution in [2.24, 2.45) is 11.7 Å². The molecule has 1 saturated carbocycles. The molecule has 3 amide bonds. The smallest absolute Gasteiger partial charge is 0.312 e. The topological polar surface area (TPSA) is 116 Å². The number of aromatic nitrogens is 1. The molecule has 0 bridgehead atoms. The van der Waals surface area contributed by atoms with E-state index in [1.165, 1.54) is 11.3 Å². The summed E-state index contributed by atoms with van der Waals surface area (Å²) in [7, 11) is 0. The van der Waals surface area contributed by atoms with Crippen LogP contribution in [0.1, 0.15) is 86.7 Å². The Bertz CT molecular complexity index is 1260. The molecule has 1 aliphatic heterocycles. The first-order chi connectivity index (χ1) is 22.3. The molecular formula is C35H51F2N7O2. The van der Waals surface area contributed by atoms with Gasteiger partial charge in [0.1, 0.15) is 0 Å². The van der Waals surface area contributed by atoms with Gasteiger partial charge in [-0.05, 0) is 75.1 Å². The number of halogens is 2. The van der Waals surface area contributed by atoms with E-state index >= 15 is 0 Å². The van der Waals surface area contributed by atoms with Gasteiger partial charge in [0.2, 0.25) is 11.8 Å². The molecule has 46 heavy (non-hydrogen) atoms. The molecule has 1 aromatic heterocycles. The van der Waals surface area contributed by atoms with E-state index in [1.54, 1.807) is 0 Å². The standard InChI is InChI=1S/C35H51F2N7O2/c36-35(37)16-13-28(14-17-35)33(45)42-30(26-8-2-1-3-9-26)15-22-43-23-20-39-29(24-43)25-44(21-5-4-18-41-34(38)46)31-12-6-10-27-11-7-19-40-32(27)31/h1-3,7-9,11,19,28-31,39H,4-6,10,12-18,20-25H2,(H,42,45)(H3,38,41,46)/t29?,30-,31-/m0/s1. The molecule has 2 heterocycles. The maximum Gasteiger partial charge on any atom is 0.312 e. The Labute approximate surface area is 272 Å². The van der Waals surface area contributed by atoms with Gasteiger partial charge in [0.05, 0.1) is 17.8 Å². The van der Waals surface area contributed by atoms with Gasteiger partial charge in [-0.15, -0.1) is 0 Å². The Hall–Kier alpha value is -3.15. The molecule has 3 atom stereocenters. The van der Waals surface area contributed by atoms with E-state index in [-0.39, 0.29) is 55.6 Å². The van der Waals surface area contributed by atoms with Crippen molar-refractivity contribution in [2.75, 3.05) is 45.8 Å². The summed E-state index contributed by atoms with van der Waals surface area (Å²) in [6.07, 6.45) is 7.80. The molecule has 2 fully saturated rings. The van der Waals surface area contributed by atoms with Crippen LogP contribution in [0.2, 0.25) is 0 Å². The van der Waals surface area contributed by atoms with Gasteiger partial charge in [-0.25, -0.2) is 13.6 Å². The number of rotatable bonds is 14. The van der Waals surface area contributed by atoms with E-state index in [1.807, 2.05) is 42.6 Å². The van der Waals surface area contributed by atoms with Crippen LogP contribution in [0.15, 0.2) is 48.7 Å². The molecule has 2 aromatic rings. The molecule has 0 spiro atoms. The van der Waals surface area contributed by atoms with Crippen molar-refractivity contribution >= 4 is 11.9 Å². The number of aryl methyl sites for hydroxylation is 1. The van der Waals surface area contributed by atoms with Crippen molar-refractivity contribution < 1.29 is 18.4 Å². The van der Waals surface area contributed by atoms with E-state index in [0.717, 1.165) is 83.4 Å². The number of nitrogens with two attached hydrogens (primary N) is 1. The first-order valence-electron chi connectivity index (χ1n) is 17.2. The number of benzene rings is 1. The molecule has 9 nitrogen and oxygen atoms in total. The predicted octanol–water partition coefficient (Wildman–Crippen LogP) is 4.56. The highest BCUT2D eigenvalue weighted by Crippen LogP contribution is 2.37. The van der Waals surface area contributed by atoms with Crippen LogP contribution in [0.5, 0.6) is 0 Å². The maximum atomic E-state index is 13.7.